The quantitative estimate of drug-likeness (QED) is 0.803. The maximum Gasteiger partial charge on any atom is 0.240 e. The molecule has 8 heteroatoms. The average Bonchev–Trinajstić information content (AvgIpc) is 2.63. The number of nitrogens with one attached hydrogen (secondary N) is 1. The Balaban J connectivity index is 1.77. The molecule has 0 aromatic heterocycles. The van der Waals surface area contributed by atoms with E-state index in [1.165, 1.54) is 12.1 Å². The topological polar surface area (TPSA) is 69.7 Å². The van der Waals surface area contributed by atoms with Crippen molar-refractivity contribution in [3.8, 4) is 0 Å². The molecule has 0 atom stereocenters. The third kappa shape index (κ3) is 4.84. The molecular formula is C20H24ClN3O3S. The summed E-state index contributed by atoms with van der Waals surface area (Å²) in [7, 11) is -1.66. The lowest BCUT2D eigenvalue weighted by Gasteiger charge is -2.35. The van der Waals surface area contributed by atoms with Crippen LogP contribution in [-0.2, 0) is 14.6 Å². The second-order valence-corrected chi connectivity index (χ2v) is 9.44. The number of hydrogen-bond donors (Lipinski definition) is 1. The van der Waals surface area contributed by atoms with Crippen LogP contribution in [0.2, 0.25) is 5.02 Å². The van der Waals surface area contributed by atoms with E-state index in [-0.39, 0.29) is 4.90 Å². The molecule has 0 spiro atoms. The number of rotatable bonds is 5. The van der Waals surface area contributed by atoms with Crippen molar-refractivity contribution in [2.24, 2.45) is 0 Å². The van der Waals surface area contributed by atoms with Gasteiger partial charge in [-0.05, 0) is 38.2 Å². The van der Waals surface area contributed by atoms with Crippen molar-refractivity contribution in [3.05, 3.63) is 53.1 Å². The number of hydrogen-bond acceptors (Lipinski definition) is 5. The number of halogens is 1. The molecule has 0 saturated carbocycles. The Morgan fingerprint density at radius 2 is 1.71 bits per heavy atom. The van der Waals surface area contributed by atoms with E-state index in [4.69, 9.17) is 11.6 Å². The summed E-state index contributed by atoms with van der Waals surface area (Å²) in [6.07, 6.45) is 0. The molecule has 1 fully saturated rings. The first-order valence-corrected chi connectivity index (χ1v) is 11.1. The van der Waals surface area contributed by atoms with Crippen LogP contribution < -0.4 is 10.2 Å². The fourth-order valence-corrected chi connectivity index (χ4v) is 4.58. The van der Waals surface area contributed by atoms with Crippen molar-refractivity contribution in [2.75, 3.05) is 49.2 Å². The van der Waals surface area contributed by atoms with E-state index < -0.39 is 21.5 Å². The first-order chi connectivity index (χ1) is 13.3. The van der Waals surface area contributed by atoms with Gasteiger partial charge in [-0.15, -0.1) is 0 Å². The summed E-state index contributed by atoms with van der Waals surface area (Å²) in [5, 5.41) is 3.27. The second kappa shape index (κ2) is 8.51. The summed E-state index contributed by atoms with van der Waals surface area (Å²) in [5.74, 6) is -1.21. The van der Waals surface area contributed by atoms with E-state index in [0.29, 0.717) is 10.7 Å². The Morgan fingerprint density at radius 3 is 2.36 bits per heavy atom. The highest BCUT2D eigenvalue weighted by Crippen LogP contribution is 2.34. The Labute approximate surface area is 171 Å². The molecule has 1 aliphatic heterocycles. The zero-order chi connectivity index (χ0) is 20.3. The zero-order valence-corrected chi connectivity index (χ0v) is 17.6. The maximum absolute atomic E-state index is 12.5. The number of sulfone groups is 1. The lowest BCUT2D eigenvalue weighted by molar-refractivity contribution is -0.113. The zero-order valence-electron chi connectivity index (χ0n) is 16.0. The molecule has 1 aliphatic rings. The van der Waals surface area contributed by atoms with Gasteiger partial charge in [-0.2, -0.15) is 0 Å². The van der Waals surface area contributed by atoms with Crippen LogP contribution in [0.4, 0.5) is 11.4 Å². The molecule has 1 saturated heterocycles. The molecule has 0 radical (unpaired) electrons. The SMILES string of the molecule is Cc1ccc(S(=O)(=O)CC(=O)Nc2cccc(Cl)c2N2CCN(C)CC2)cc1. The van der Waals surface area contributed by atoms with E-state index in [1.807, 2.05) is 6.92 Å². The van der Waals surface area contributed by atoms with E-state index in [2.05, 4.69) is 22.2 Å². The molecule has 0 unspecified atom stereocenters. The smallest absolute Gasteiger partial charge is 0.240 e. The van der Waals surface area contributed by atoms with Gasteiger partial charge in [-0.3, -0.25) is 4.79 Å². The van der Waals surface area contributed by atoms with Crippen molar-refractivity contribution < 1.29 is 13.2 Å². The summed E-state index contributed by atoms with van der Waals surface area (Å²) >= 11 is 6.40. The van der Waals surface area contributed by atoms with Gasteiger partial charge in [0.05, 0.1) is 21.3 Å². The number of amides is 1. The van der Waals surface area contributed by atoms with E-state index >= 15 is 0 Å². The predicted octanol–water partition coefficient (Wildman–Crippen LogP) is 2.81. The number of anilines is 2. The highest BCUT2D eigenvalue weighted by atomic mass is 35.5. The van der Waals surface area contributed by atoms with Crippen LogP contribution in [0.3, 0.4) is 0 Å². The molecule has 6 nitrogen and oxygen atoms in total. The molecule has 2 aromatic rings. The Morgan fingerprint density at radius 1 is 1.07 bits per heavy atom. The minimum absolute atomic E-state index is 0.138. The first kappa shape index (κ1) is 20.6. The molecule has 0 bridgehead atoms. The number of carbonyl (C=O) groups excluding carboxylic acids is 1. The molecule has 0 aliphatic carbocycles. The van der Waals surface area contributed by atoms with Gasteiger partial charge in [0.2, 0.25) is 5.91 Å². The standard InChI is InChI=1S/C20H24ClN3O3S/c1-15-6-8-16(9-7-15)28(26,27)14-19(25)22-18-5-3-4-17(21)20(18)24-12-10-23(2)11-13-24/h3-9H,10-14H2,1-2H3,(H,22,25). The maximum atomic E-state index is 12.5. The molecule has 150 valence electrons. The molecule has 1 amide bonds. The third-order valence-corrected chi connectivity index (χ3v) is 6.72. The van der Waals surface area contributed by atoms with Crippen molar-refractivity contribution in [1.82, 2.24) is 4.90 Å². The highest BCUT2D eigenvalue weighted by Gasteiger charge is 2.23. The van der Waals surface area contributed by atoms with Crippen LogP contribution in [0.25, 0.3) is 0 Å². The molecule has 1 N–H and O–H groups in total. The lowest BCUT2D eigenvalue weighted by atomic mass is 10.2. The predicted molar refractivity (Wildman–Crippen MR) is 113 cm³/mol. The van der Waals surface area contributed by atoms with Crippen LogP contribution in [0.15, 0.2) is 47.4 Å². The number of likely N-dealkylation sites (N-methyl/N-ethyl adjacent to an activating group) is 1. The fourth-order valence-electron chi connectivity index (χ4n) is 3.16. The lowest BCUT2D eigenvalue weighted by Crippen LogP contribution is -2.45. The Kier molecular flexibility index (Phi) is 6.27. The van der Waals surface area contributed by atoms with Gasteiger partial charge in [0.25, 0.3) is 0 Å². The number of benzene rings is 2. The number of nitrogens with zero attached hydrogens (tertiary/aromatic N) is 2. The van der Waals surface area contributed by atoms with Gasteiger partial charge in [-0.1, -0.05) is 35.4 Å². The number of carbonyl (C=O) groups is 1. The van der Waals surface area contributed by atoms with Gasteiger partial charge in [0.1, 0.15) is 5.75 Å². The van der Waals surface area contributed by atoms with E-state index in [0.717, 1.165) is 37.4 Å². The molecular weight excluding hydrogens is 398 g/mol. The minimum Gasteiger partial charge on any atom is -0.366 e. The summed E-state index contributed by atoms with van der Waals surface area (Å²) in [5.41, 5.74) is 2.22. The van der Waals surface area contributed by atoms with Crippen LogP contribution in [0.5, 0.6) is 0 Å². The van der Waals surface area contributed by atoms with Gasteiger partial charge in [-0.25, -0.2) is 8.42 Å². The van der Waals surface area contributed by atoms with Crippen molar-refractivity contribution in [2.45, 2.75) is 11.8 Å². The van der Waals surface area contributed by atoms with Crippen molar-refractivity contribution in [1.29, 1.82) is 0 Å². The molecule has 1 heterocycles. The molecule has 2 aromatic carbocycles. The van der Waals surface area contributed by atoms with Crippen LogP contribution >= 0.6 is 11.6 Å². The van der Waals surface area contributed by atoms with Gasteiger partial charge in [0, 0.05) is 26.2 Å². The summed E-state index contributed by atoms with van der Waals surface area (Å²) in [6.45, 7) is 5.22. The number of aryl methyl sites for hydroxylation is 1. The normalized spacial score (nSPS) is 15.5. The van der Waals surface area contributed by atoms with Gasteiger partial charge in [0.15, 0.2) is 9.84 Å². The monoisotopic (exact) mass is 421 g/mol. The van der Waals surface area contributed by atoms with Crippen LogP contribution in [0, 0.1) is 6.92 Å². The first-order valence-electron chi connectivity index (χ1n) is 9.07. The number of para-hydroxylation sites is 1. The van der Waals surface area contributed by atoms with Crippen LogP contribution in [-0.4, -0.2) is 58.2 Å². The second-order valence-electron chi connectivity index (χ2n) is 7.05. The largest absolute Gasteiger partial charge is 0.366 e. The van der Waals surface area contributed by atoms with E-state index in [1.54, 1.807) is 30.3 Å². The molecule has 3 rings (SSSR count). The highest BCUT2D eigenvalue weighted by molar-refractivity contribution is 7.92. The summed E-state index contributed by atoms with van der Waals surface area (Å²) < 4.78 is 25.1. The molecule has 28 heavy (non-hydrogen) atoms. The van der Waals surface area contributed by atoms with Crippen molar-refractivity contribution in [3.63, 3.8) is 0 Å². The Bertz CT molecular complexity index is 953. The third-order valence-electron chi connectivity index (χ3n) is 4.78. The summed E-state index contributed by atoms with van der Waals surface area (Å²) in [4.78, 5) is 17.0. The number of piperazine rings is 1. The Hall–Kier alpha value is -2.09. The van der Waals surface area contributed by atoms with Crippen molar-refractivity contribution >= 4 is 38.7 Å². The van der Waals surface area contributed by atoms with Crippen LogP contribution in [0.1, 0.15) is 5.56 Å². The fraction of sp³-hybridized carbons (Fsp3) is 0.350. The summed E-state index contributed by atoms with van der Waals surface area (Å²) in [6, 6.07) is 11.7. The minimum atomic E-state index is -3.72. The van der Waals surface area contributed by atoms with E-state index in [9.17, 15) is 13.2 Å². The van der Waals surface area contributed by atoms with Gasteiger partial charge >= 0.3 is 0 Å². The van der Waals surface area contributed by atoms with Gasteiger partial charge < -0.3 is 15.1 Å². The average molecular weight is 422 g/mol.